The molecule has 0 aromatic heterocycles. The van der Waals surface area contributed by atoms with Crippen LogP contribution in [0.15, 0.2) is 0 Å². The third-order valence-electron chi connectivity index (χ3n) is 2.54. The lowest BCUT2D eigenvalue weighted by atomic mass is 9.88. The minimum Gasteiger partial charge on any atom is -0.381 e. The van der Waals surface area contributed by atoms with E-state index in [1.165, 1.54) is 0 Å². The quantitative estimate of drug-likeness (QED) is 0.675. The third kappa shape index (κ3) is 1.84. The molecule has 0 amide bonds. The van der Waals surface area contributed by atoms with Gasteiger partial charge in [0.1, 0.15) is 0 Å². The van der Waals surface area contributed by atoms with Gasteiger partial charge in [0.15, 0.2) is 5.78 Å². The van der Waals surface area contributed by atoms with Gasteiger partial charge >= 0.3 is 0 Å². The minimum atomic E-state index is -0.404. The van der Waals surface area contributed by atoms with E-state index in [4.69, 9.17) is 4.74 Å². The van der Waals surface area contributed by atoms with Gasteiger partial charge in [-0.15, -0.1) is 0 Å². The molecular weight excluding hydrogens is 154 g/mol. The van der Waals surface area contributed by atoms with Crippen LogP contribution >= 0.6 is 0 Å². The highest BCUT2D eigenvalue weighted by molar-refractivity contribution is 5.89. The van der Waals surface area contributed by atoms with Crippen molar-refractivity contribution < 1.29 is 9.53 Å². The van der Waals surface area contributed by atoms with Gasteiger partial charge in [-0.2, -0.15) is 0 Å². The summed E-state index contributed by atoms with van der Waals surface area (Å²) >= 11 is 0. The summed E-state index contributed by atoms with van der Waals surface area (Å²) in [6.07, 6.45) is 0.879. The van der Waals surface area contributed by atoms with Gasteiger partial charge in [-0.05, 0) is 27.3 Å². The Balaban J connectivity index is 2.56. The summed E-state index contributed by atoms with van der Waals surface area (Å²) in [6, 6.07) is 0. The van der Waals surface area contributed by atoms with Crippen molar-refractivity contribution in [1.29, 1.82) is 0 Å². The predicted molar refractivity (Wildman–Crippen MR) is 47.1 cm³/mol. The van der Waals surface area contributed by atoms with E-state index in [9.17, 15) is 4.79 Å². The van der Waals surface area contributed by atoms with E-state index in [0.29, 0.717) is 6.61 Å². The monoisotopic (exact) mass is 171 g/mol. The minimum absolute atomic E-state index is 0.104. The molecule has 1 atom stereocenters. The normalized spacial score (nSPS) is 24.4. The van der Waals surface area contributed by atoms with Crippen molar-refractivity contribution in [2.45, 2.75) is 25.8 Å². The molecule has 0 spiro atoms. The number of rotatable bonds is 3. The Kier molecular flexibility index (Phi) is 2.85. The van der Waals surface area contributed by atoms with Crippen LogP contribution in [0.4, 0.5) is 0 Å². The molecule has 0 aliphatic carbocycles. The molecule has 1 aliphatic heterocycles. The van der Waals surface area contributed by atoms with Crippen LogP contribution in [0.3, 0.4) is 0 Å². The lowest BCUT2D eigenvalue weighted by molar-refractivity contribution is -0.128. The van der Waals surface area contributed by atoms with Crippen molar-refractivity contribution in [3.05, 3.63) is 0 Å². The maximum absolute atomic E-state index is 11.8. The lowest BCUT2D eigenvalue weighted by Gasteiger charge is -2.24. The number of carbonyl (C=O) groups is 1. The molecule has 0 bridgehead atoms. The molecular formula is C9H17NO2. The van der Waals surface area contributed by atoms with Crippen molar-refractivity contribution in [2.24, 2.45) is 5.92 Å². The SMILES string of the molecule is CNC(C)(C)C(=O)C1CCOC1. The Labute approximate surface area is 73.5 Å². The fourth-order valence-electron chi connectivity index (χ4n) is 1.37. The van der Waals surface area contributed by atoms with Gasteiger partial charge in [-0.1, -0.05) is 0 Å². The van der Waals surface area contributed by atoms with E-state index in [-0.39, 0.29) is 11.7 Å². The summed E-state index contributed by atoms with van der Waals surface area (Å²) in [5, 5.41) is 3.01. The van der Waals surface area contributed by atoms with Gasteiger partial charge in [0.2, 0.25) is 0 Å². The molecule has 1 fully saturated rings. The molecule has 0 radical (unpaired) electrons. The van der Waals surface area contributed by atoms with Crippen LogP contribution in [0.2, 0.25) is 0 Å². The highest BCUT2D eigenvalue weighted by Crippen LogP contribution is 2.19. The Hall–Kier alpha value is -0.410. The standard InChI is InChI=1S/C9H17NO2/c1-9(2,10-3)8(11)7-4-5-12-6-7/h7,10H,4-6H2,1-3H3. The van der Waals surface area contributed by atoms with Crippen molar-refractivity contribution in [3.63, 3.8) is 0 Å². The first-order valence-electron chi connectivity index (χ1n) is 4.39. The maximum Gasteiger partial charge on any atom is 0.157 e. The molecule has 1 rings (SSSR count). The number of hydrogen-bond acceptors (Lipinski definition) is 3. The molecule has 0 aromatic rings. The molecule has 1 unspecified atom stereocenters. The number of likely N-dealkylation sites (N-methyl/N-ethyl adjacent to an activating group) is 1. The summed E-state index contributed by atoms with van der Waals surface area (Å²) in [7, 11) is 1.81. The number of ketones is 1. The lowest BCUT2D eigenvalue weighted by Crippen LogP contribution is -2.47. The Bertz CT molecular complexity index is 171. The molecule has 70 valence electrons. The van der Waals surface area contributed by atoms with Gasteiger partial charge in [0, 0.05) is 12.5 Å². The topological polar surface area (TPSA) is 38.3 Å². The second-order valence-corrected chi connectivity index (χ2v) is 3.80. The van der Waals surface area contributed by atoms with Crippen molar-refractivity contribution in [1.82, 2.24) is 5.32 Å². The molecule has 3 heteroatoms. The van der Waals surface area contributed by atoms with Crippen LogP contribution in [-0.4, -0.2) is 31.6 Å². The molecule has 0 aromatic carbocycles. The number of hydrogen-bond donors (Lipinski definition) is 1. The molecule has 3 nitrogen and oxygen atoms in total. The Morgan fingerprint density at radius 1 is 1.58 bits per heavy atom. The van der Waals surface area contributed by atoms with Crippen LogP contribution in [0.1, 0.15) is 20.3 Å². The summed E-state index contributed by atoms with van der Waals surface area (Å²) in [6.45, 7) is 5.15. The highest BCUT2D eigenvalue weighted by atomic mass is 16.5. The molecule has 12 heavy (non-hydrogen) atoms. The first-order valence-corrected chi connectivity index (χ1v) is 4.39. The first-order chi connectivity index (χ1) is 5.58. The first kappa shape index (κ1) is 9.68. The number of nitrogens with one attached hydrogen (secondary N) is 1. The second kappa shape index (κ2) is 3.54. The van der Waals surface area contributed by atoms with Gasteiger partial charge in [-0.3, -0.25) is 4.79 Å². The fourth-order valence-corrected chi connectivity index (χ4v) is 1.37. The van der Waals surface area contributed by atoms with Crippen molar-refractivity contribution in [3.8, 4) is 0 Å². The van der Waals surface area contributed by atoms with Crippen LogP contribution < -0.4 is 5.32 Å². The van der Waals surface area contributed by atoms with Gasteiger partial charge in [0.25, 0.3) is 0 Å². The third-order valence-corrected chi connectivity index (χ3v) is 2.54. The zero-order chi connectivity index (χ0) is 9.19. The molecule has 1 saturated heterocycles. The van der Waals surface area contributed by atoms with Crippen LogP contribution in [0.25, 0.3) is 0 Å². The summed E-state index contributed by atoms with van der Waals surface area (Å²) in [5.74, 6) is 0.370. The molecule has 1 N–H and O–H groups in total. The molecule has 1 aliphatic rings. The average molecular weight is 171 g/mol. The van der Waals surface area contributed by atoms with Crippen molar-refractivity contribution >= 4 is 5.78 Å². The van der Waals surface area contributed by atoms with Crippen molar-refractivity contribution in [2.75, 3.05) is 20.3 Å². The van der Waals surface area contributed by atoms with E-state index in [1.54, 1.807) is 0 Å². The average Bonchev–Trinajstić information content (AvgIpc) is 2.55. The van der Waals surface area contributed by atoms with Gasteiger partial charge < -0.3 is 10.1 Å². The summed E-state index contributed by atoms with van der Waals surface area (Å²) < 4.78 is 5.17. The van der Waals surface area contributed by atoms with E-state index in [1.807, 2.05) is 20.9 Å². The van der Waals surface area contributed by atoms with Crippen LogP contribution in [-0.2, 0) is 9.53 Å². The number of carbonyl (C=O) groups excluding carboxylic acids is 1. The smallest absolute Gasteiger partial charge is 0.157 e. The predicted octanol–water partition coefficient (Wildman–Crippen LogP) is 0.590. The highest BCUT2D eigenvalue weighted by Gasteiger charge is 2.34. The fraction of sp³-hybridized carbons (Fsp3) is 0.889. The van der Waals surface area contributed by atoms with Gasteiger partial charge in [0.05, 0.1) is 12.1 Å². The molecule has 0 saturated carbocycles. The van der Waals surface area contributed by atoms with Crippen LogP contribution in [0.5, 0.6) is 0 Å². The molecule has 1 heterocycles. The second-order valence-electron chi connectivity index (χ2n) is 3.80. The Morgan fingerprint density at radius 2 is 2.25 bits per heavy atom. The van der Waals surface area contributed by atoms with E-state index >= 15 is 0 Å². The van der Waals surface area contributed by atoms with Crippen LogP contribution in [0, 0.1) is 5.92 Å². The summed E-state index contributed by atoms with van der Waals surface area (Å²) in [5.41, 5.74) is -0.404. The zero-order valence-corrected chi connectivity index (χ0v) is 8.02. The summed E-state index contributed by atoms with van der Waals surface area (Å²) in [4.78, 5) is 11.8. The largest absolute Gasteiger partial charge is 0.381 e. The van der Waals surface area contributed by atoms with Gasteiger partial charge in [-0.25, -0.2) is 0 Å². The zero-order valence-electron chi connectivity index (χ0n) is 8.02. The maximum atomic E-state index is 11.8. The number of Topliss-reactive ketones (excluding diaryl/α,β-unsaturated/α-hetero) is 1. The Morgan fingerprint density at radius 3 is 2.67 bits per heavy atom. The van der Waals surface area contributed by atoms with E-state index in [0.717, 1.165) is 13.0 Å². The van der Waals surface area contributed by atoms with E-state index in [2.05, 4.69) is 5.32 Å². The van der Waals surface area contributed by atoms with E-state index < -0.39 is 5.54 Å². The number of ether oxygens (including phenoxy) is 1.